The highest BCUT2D eigenvalue weighted by Gasteiger charge is 2.34. The smallest absolute Gasteiger partial charge is 0.265 e. The molecule has 2 aromatic carbocycles. The molecule has 6 nitrogen and oxygen atoms in total. The van der Waals surface area contributed by atoms with Gasteiger partial charge in [-0.1, -0.05) is 88.2 Å². The molecule has 0 aliphatic rings. The number of hydrogen-bond acceptors (Lipinski definition) is 4. The molecule has 3 N–H and O–H groups in total. The third kappa shape index (κ3) is 6.65. The number of carbonyl (C=O) groups excluding carboxylic acids is 1. The van der Waals surface area contributed by atoms with Crippen molar-refractivity contribution < 1.29 is 9.22 Å². The number of nitrogen functional groups attached to an aromatic ring is 1. The number of rotatable bonds is 10. The van der Waals surface area contributed by atoms with Gasteiger partial charge in [-0.25, -0.2) is 10.8 Å². The van der Waals surface area contributed by atoms with E-state index in [4.69, 9.17) is 26.9 Å². The number of aryl methyl sites for hydroxylation is 1. The molecule has 3 rings (SSSR count). The van der Waals surface area contributed by atoms with E-state index in [0.717, 1.165) is 47.5 Å². The van der Waals surface area contributed by atoms with Crippen LogP contribution in [0.5, 0.6) is 0 Å². The summed E-state index contributed by atoms with van der Waals surface area (Å²) >= 11 is 6.80. The van der Waals surface area contributed by atoms with E-state index in [1.807, 2.05) is 30.3 Å². The summed E-state index contributed by atoms with van der Waals surface area (Å²) in [6.07, 6.45) is 2.86. The fourth-order valence-corrected chi connectivity index (χ4v) is 5.75. The second-order valence-electron chi connectivity index (χ2n) is 10.5. The molecular formula is C28H39ClN4O2Si. The maximum Gasteiger partial charge on any atom is 0.265 e. The Kier molecular flexibility index (Phi) is 9.52. The molecule has 8 heteroatoms. The molecule has 3 aromatic rings. The summed E-state index contributed by atoms with van der Waals surface area (Å²) in [5.74, 6) is 6.07. The van der Waals surface area contributed by atoms with Gasteiger partial charge in [0.25, 0.3) is 5.91 Å². The number of nitrogens with zero attached hydrogens (tertiary/aromatic N) is 2. The van der Waals surface area contributed by atoms with Gasteiger partial charge in [-0.3, -0.25) is 10.2 Å². The van der Waals surface area contributed by atoms with Gasteiger partial charge in [-0.2, -0.15) is 0 Å². The average Bonchev–Trinajstić information content (AvgIpc) is 3.14. The number of amides is 1. The quantitative estimate of drug-likeness (QED) is 0.141. The van der Waals surface area contributed by atoms with Crippen LogP contribution in [0.3, 0.4) is 0 Å². The van der Waals surface area contributed by atoms with Crippen LogP contribution in [0, 0.1) is 5.41 Å². The van der Waals surface area contributed by atoms with Gasteiger partial charge in [0, 0.05) is 18.5 Å². The first-order valence-electron chi connectivity index (χ1n) is 12.7. The number of nitrogens with two attached hydrogens (primary N) is 1. The Balaban J connectivity index is 2.01. The molecule has 0 radical (unpaired) electrons. The molecule has 0 bridgehead atoms. The van der Waals surface area contributed by atoms with Crippen molar-refractivity contribution in [2.24, 2.45) is 11.3 Å². The largest absolute Gasteiger partial charge is 0.412 e. The Morgan fingerprint density at radius 3 is 2.42 bits per heavy atom. The molecule has 1 aromatic heterocycles. The normalized spacial score (nSPS) is 12.7. The third-order valence-corrected chi connectivity index (χ3v) is 7.24. The number of hydrogen-bond donors (Lipinski definition) is 2. The van der Waals surface area contributed by atoms with Crippen molar-refractivity contribution in [3.05, 3.63) is 76.3 Å². The fourth-order valence-electron chi connectivity index (χ4n) is 4.37. The molecule has 36 heavy (non-hydrogen) atoms. The molecule has 194 valence electrons. The number of halogens is 1. The standard InChI is InChI=1S/C28H39ClN4O2Si/c1-7-8-13-23-31-26(29)24(25(28(2,3)4)35-36(5)6)33(23)18-19-14-16-20(17-15-19)21-11-9-10-12-22(21)27(34)32-30/h9-12,14-17,25,36H,7-8,13,18,30H2,1-6H3,(H,32,34). The lowest BCUT2D eigenvalue weighted by Crippen LogP contribution is -2.30. The van der Waals surface area contributed by atoms with Crippen LogP contribution in [-0.2, 0) is 17.4 Å². The Labute approximate surface area is 221 Å². The lowest BCUT2D eigenvalue weighted by molar-refractivity contribution is 0.0794. The molecule has 0 aliphatic heterocycles. The molecule has 0 spiro atoms. The summed E-state index contributed by atoms with van der Waals surface area (Å²) in [7, 11) is -1.34. The van der Waals surface area contributed by atoms with Crippen molar-refractivity contribution in [1.82, 2.24) is 15.0 Å². The van der Waals surface area contributed by atoms with E-state index < -0.39 is 9.04 Å². The minimum Gasteiger partial charge on any atom is -0.412 e. The fraction of sp³-hybridized carbons (Fsp3) is 0.429. The van der Waals surface area contributed by atoms with Gasteiger partial charge < -0.3 is 8.99 Å². The van der Waals surface area contributed by atoms with Crippen LogP contribution in [0.2, 0.25) is 18.2 Å². The van der Waals surface area contributed by atoms with Crippen molar-refractivity contribution in [2.75, 3.05) is 0 Å². The molecule has 0 aliphatic carbocycles. The molecule has 0 saturated heterocycles. The highest BCUT2D eigenvalue weighted by molar-refractivity contribution is 6.48. The molecule has 0 saturated carbocycles. The predicted molar refractivity (Wildman–Crippen MR) is 151 cm³/mol. The summed E-state index contributed by atoms with van der Waals surface area (Å²) in [5.41, 5.74) is 6.53. The molecule has 1 heterocycles. The van der Waals surface area contributed by atoms with Crippen molar-refractivity contribution in [3.63, 3.8) is 0 Å². The zero-order valence-electron chi connectivity index (χ0n) is 22.3. The number of unbranched alkanes of at least 4 members (excludes halogenated alkanes) is 1. The Morgan fingerprint density at radius 1 is 1.17 bits per heavy atom. The zero-order chi connectivity index (χ0) is 26.5. The second kappa shape index (κ2) is 12.2. The number of imidazole rings is 1. The Hall–Kier alpha value is -2.45. The van der Waals surface area contributed by atoms with Crippen molar-refractivity contribution in [3.8, 4) is 11.1 Å². The first kappa shape index (κ1) is 28.1. The number of nitrogens with one attached hydrogen (secondary N) is 1. The maximum absolute atomic E-state index is 12.2. The van der Waals surface area contributed by atoms with Crippen LogP contribution in [0.4, 0.5) is 0 Å². The lowest BCUT2D eigenvalue weighted by Gasteiger charge is -2.33. The van der Waals surface area contributed by atoms with Crippen LogP contribution in [0.15, 0.2) is 48.5 Å². The van der Waals surface area contributed by atoms with Crippen molar-refractivity contribution in [2.45, 2.75) is 72.7 Å². The average molecular weight is 527 g/mol. The summed E-state index contributed by atoms with van der Waals surface area (Å²) in [5, 5.41) is 0.536. The van der Waals surface area contributed by atoms with E-state index >= 15 is 0 Å². The topological polar surface area (TPSA) is 82.2 Å². The van der Waals surface area contributed by atoms with Crippen molar-refractivity contribution in [1.29, 1.82) is 0 Å². The summed E-state index contributed by atoms with van der Waals surface area (Å²) in [4.78, 5) is 17.0. The summed E-state index contributed by atoms with van der Waals surface area (Å²) in [6.45, 7) is 13.8. The van der Waals surface area contributed by atoms with E-state index in [1.165, 1.54) is 0 Å². The number of benzene rings is 2. The molecule has 1 amide bonds. The van der Waals surface area contributed by atoms with Gasteiger partial charge in [0.05, 0.1) is 11.8 Å². The summed E-state index contributed by atoms with van der Waals surface area (Å²) < 4.78 is 8.81. The van der Waals surface area contributed by atoms with Crippen LogP contribution >= 0.6 is 11.6 Å². The minimum atomic E-state index is -1.34. The van der Waals surface area contributed by atoms with Gasteiger partial charge in [-0.15, -0.1) is 0 Å². The van der Waals surface area contributed by atoms with Gasteiger partial charge in [-0.05, 0) is 47.7 Å². The highest BCUT2D eigenvalue weighted by atomic mass is 35.5. The van der Waals surface area contributed by atoms with Crippen LogP contribution < -0.4 is 11.3 Å². The van der Waals surface area contributed by atoms with Crippen molar-refractivity contribution >= 4 is 26.5 Å². The van der Waals surface area contributed by atoms with Gasteiger partial charge in [0.15, 0.2) is 14.2 Å². The first-order valence-corrected chi connectivity index (χ1v) is 15.8. The highest BCUT2D eigenvalue weighted by Crippen LogP contribution is 2.40. The van der Waals surface area contributed by atoms with Crippen LogP contribution in [0.1, 0.15) is 74.1 Å². The zero-order valence-corrected chi connectivity index (χ0v) is 24.2. The van der Waals surface area contributed by atoms with E-state index in [0.29, 0.717) is 17.3 Å². The summed E-state index contributed by atoms with van der Waals surface area (Å²) in [6, 6.07) is 15.7. The van der Waals surface area contributed by atoms with Gasteiger partial charge in [0.2, 0.25) is 0 Å². The van der Waals surface area contributed by atoms with E-state index in [-0.39, 0.29) is 17.4 Å². The SMILES string of the molecule is CCCCc1nc(Cl)c(C(O[SiH](C)C)C(C)(C)C)n1Cc1ccc(-c2ccccc2C(=O)NN)cc1. The van der Waals surface area contributed by atoms with Crippen LogP contribution in [0.25, 0.3) is 11.1 Å². The third-order valence-electron chi connectivity index (χ3n) is 6.15. The minimum absolute atomic E-state index is 0.127. The molecule has 1 atom stereocenters. The monoisotopic (exact) mass is 526 g/mol. The number of hydrazine groups is 1. The van der Waals surface area contributed by atoms with E-state index in [1.54, 1.807) is 6.07 Å². The first-order chi connectivity index (χ1) is 17.1. The van der Waals surface area contributed by atoms with Gasteiger partial charge in [0.1, 0.15) is 5.82 Å². The van der Waals surface area contributed by atoms with E-state index in [2.05, 4.69) is 62.9 Å². The second-order valence-corrected chi connectivity index (χ2v) is 13.3. The number of aromatic nitrogens is 2. The van der Waals surface area contributed by atoms with Crippen LogP contribution in [-0.4, -0.2) is 24.5 Å². The predicted octanol–water partition coefficient (Wildman–Crippen LogP) is 6.29. The maximum atomic E-state index is 12.2. The Bertz CT molecular complexity index is 1170. The molecule has 1 unspecified atom stereocenters. The molecule has 0 fully saturated rings. The number of carbonyl (C=O) groups is 1. The lowest BCUT2D eigenvalue weighted by atomic mass is 9.87. The Morgan fingerprint density at radius 2 is 1.83 bits per heavy atom. The van der Waals surface area contributed by atoms with E-state index in [9.17, 15) is 4.79 Å². The van der Waals surface area contributed by atoms with Gasteiger partial charge >= 0.3 is 0 Å². The molecular weight excluding hydrogens is 488 g/mol.